The molecule has 0 aliphatic heterocycles. The zero-order valence-electron chi connectivity index (χ0n) is 10.6. The Bertz CT molecular complexity index is 401. The van der Waals surface area contributed by atoms with Crippen molar-refractivity contribution in [2.24, 2.45) is 0 Å². The minimum absolute atomic E-state index is 0.153. The summed E-state index contributed by atoms with van der Waals surface area (Å²) in [6.45, 7) is 1.31. The first-order valence-electron chi connectivity index (χ1n) is 6.35. The molecule has 0 radical (unpaired) electrons. The van der Waals surface area contributed by atoms with Crippen LogP contribution in [0, 0.1) is 0 Å². The quantitative estimate of drug-likeness (QED) is 0.900. The number of likely N-dealkylation sites (N-methyl/N-ethyl adjacent to an activating group) is 1. The van der Waals surface area contributed by atoms with Crippen molar-refractivity contribution in [3.63, 3.8) is 0 Å². The van der Waals surface area contributed by atoms with E-state index < -0.39 is 0 Å². The van der Waals surface area contributed by atoms with Gasteiger partial charge in [-0.2, -0.15) is 0 Å². The minimum atomic E-state index is 0.153. The third-order valence-corrected chi connectivity index (χ3v) is 4.80. The molecule has 18 heavy (non-hydrogen) atoms. The number of hydrogen-bond donors (Lipinski definition) is 1. The Morgan fingerprint density at radius 3 is 2.83 bits per heavy atom. The van der Waals surface area contributed by atoms with Crippen molar-refractivity contribution >= 4 is 33.2 Å². The van der Waals surface area contributed by atoms with Crippen molar-refractivity contribution in [1.29, 1.82) is 0 Å². The standard InChI is InChI=1S/C13H19BrN2OS/c1-16(8-11-6-7-12(14)18-11)9-13(17)15-10-4-2-3-5-10/h6-7,10H,2-5,8-9H2,1H3,(H,15,17). The average molecular weight is 331 g/mol. The largest absolute Gasteiger partial charge is 0.352 e. The van der Waals surface area contributed by atoms with Crippen LogP contribution in [0.25, 0.3) is 0 Å². The monoisotopic (exact) mass is 330 g/mol. The molecule has 1 fully saturated rings. The van der Waals surface area contributed by atoms with E-state index in [0.717, 1.165) is 23.2 Å². The topological polar surface area (TPSA) is 32.3 Å². The van der Waals surface area contributed by atoms with Crippen molar-refractivity contribution in [3.05, 3.63) is 20.8 Å². The second-order valence-electron chi connectivity index (χ2n) is 4.93. The first kappa shape index (κ1) is 14.0. The van der Waals surface area contributed by atoms with Crippen LogP contribution in [0.1, 0.15) is 30.6 Å². The second kappa shape index (κ2) is 6.68. The van der Waals surface area contributed by atoms with E-state index in [-0.39, 0.29) is 5.91 Å². The molecule has 5 heteroatoms. The van der Waals surface area contributed by atoms with Crippen molar-refractivity contribution < 1.29 is 4.79 Å². The van der Waals surface area contributed by atoms with Crippen molar-refractivity contribution in [1.82, 2.24) is 10.2 Å². The van der Waals surface area contributed by atoms with E-state index in [4.69, 9.17) is 0 Å². The Morgan fingerprint density at radius 2 is 2.22 bits per heavy atom. The number of amides is 1. The number of rotatable bonds is 5. The molecule has 1 amide bonds. The van der Waals surface area contributed by atoms with Gasteiger partial charge >= 0.3 is 0 Å². The first-order chi connectivity index (χ1) is 8.63. The van der Waals surface area contributed by atoms with Crippen LogP contribution in [0.3, 0.4) is 0 Å². The van der Waals surface area contributed by atoms with Crippen LogP contribution in [0.15, 0.2) is 15.9 Å². The molecular formula is C13H19BrN2OS. The van der Waals surface area contributed by atoms with E-state index in [1.165, 1.54) is 17.7 Å². The van der Waals surface area contributed by atoms with Gasteiger partial charge in [0, 0.05) is 17.5 Å². The summed E-state index contributed by atoms with van der Waals surface area (Å²) in [5, 5.41) is 3.11. The smallest absolute Gasteiger partial charge is 0.234 e. The fourth-order valence-electron chi connectivity index (χ4n) is 2.35. The van der Waals surface area contributed by atoms with E-state index in [1.54, 1.807) is 11.3 Å². The number of nitrogens with zero attached hydrogens (tertiary/aromatic N) is 1. The third kappa shape index (κ3) is 4.37. The average Bonchev–Trinajstić information content (AvgIpc) is 2.90. The van der Waals surface area contributed by atoms with Gasteiger partial charge in [0.25, 0.3) is 0 Å². The number of nitrogens with one attached hydrogen (secondary N) is 1. The summed E-state index contributed by atoms with van der Waals surface area (Å²) in [5.41, 5.74) is 0. The van der Waals surface area contributed by atoms with Crippen LogP contribution in [0.2, 0.25) is 0 Å². The summed E-state index contributed by atoms with van der Waals surface area (Å²) >= 11 is 5.17. The van der Waals surface area contributed by atoms with Gasteiger partial charge in [0.2, 0.25) is 5.91 Å². The van der Waals surface area contributed by atoms with Gasteiger partial charge in [-0.15, -0.1) is 11.3 Å². The van der Waals surface area contributed by atoms with Gasteiger partial charge < -0.3 is 5.32 Å². The Labute approximate surface area is 121 Å². The zero-order chi connectivity index (χ0) is 13.0. The number of hydrogen-bond acceptors (Lipinski definition) is 3. The lowest BCUT2D eigenvalue weighted by atomic mass is 10.2. The van der Waals surface area contributed by atoms with E-state index >= 15 is 0 Å². The second-order valence-corrected chi connectivity index (χ2v) is 7.47. The van der Waals surface area contributed by atoms with Gasteiger partial charge in [-0.1, -0.05) is 12.8 Å². The molecule has 1 N–H and O–H groups in total. The molecule has 0 bridgehead atoms. The lowest BCUT2D eigenvalue weighted by Gasteiger charge is -2.17. The van der Waals surface area contributed by atoms with Crippen LogP contribution >= 0.6 is 27.3 Å². The van der Waals surface area contributed by atoms with Gasteiger partial charge in [0.15, 0.2) is 0 Å². The Morgan fingerprint density at radius 1 is 1.50 bits per heavy atom. The maximum absolute atomic E-state index is 11.8. The van der Waals surface area contributed by atoms with Crippen LogP contribution in [0.4, 0.5) is 0 Å². The Balaban J connectivity index is 1.72. The Hall–Kier alpha value is -0.390. The molecule has 1 saturated carbocycles. The molecule has 0 spiro atoms. The number of halogens is 1. The van der Waals surface area contributed by atoms with E-state index in [9.17, 15) is 4.79 Å². The van der Waals surface area contributed by atoms with Crippen molar-refractivity contribution in [2.45, 2.75) is 38.3 Å². The van der Waals surface area contributed by atoms with E-state index in [2.05, 4.69) is 32.2 Å². The third-order valence-electron chi connectivity index (χ3n) is 3.19. The molecular weight excluding hydrogens is 312 g/mol. The van der Waals surface area contributed by atoms with E-state index in [1.807, 2.05) is 13.1 Å². The fraction of sp³-hybridized carbons (Fsp3) is 0.615. The van der Waals surface area contributed by atoms with Gasteiger partial charge in [-0.25, -0.2) is 0 Å². The molecule has 1 heterocycles. The lowest BCUT2D eigenvalue weighted by molar-refractivity contribution is -0.122. The fourth-order valence-corrected chi connectivity index (χ4v) is 3.91. The highest BCUT2D eigenvalue weighted by atomic mass is 79.9. The molecule has 1 aromatic rings. The number of carbonyl (C=O) groups is 1. The molecule has 1 aromatic heterocycles. The highest BCUT2D eigenvalue weighted by Crippen LogP contribution is 2.23. The van der Waals surface area contributed by atoms with Crippen molar-refractivity contribution in [2.75, 3.05) is 13.6 Å². The molecule has 0 atom stereocenters. The van der Waals surface area contributed by atoms with E-state index in [0.29, 0.717) is 12.6 Å². The van der Waals surface area contributed by atoms with Crippen LogP contribution in [-0.4, -0.2) is 30.4 Å². The van der Waals surface area contributed by atoms with Gasteiger partial charge in [-0.05, 0) is 48.0 Å². The van der Waals surface area contributed by atoms with Gasteiger partial charge in [-0.3, -0.25) is 9.69 Å². The zero-order valence-corrected chi connectivity index (χ0v) is 13.0. The predicted molar refractivity (Wildman–Crippen MR) is 78.8 cm³/mol. The molecule has 0 saturated heterocycles. The highest BCUT2D eigenvalue weighted by molar-refractivity contribution is 9.11. The summed E-state index contributed by atoms with van der Waals surface area (Å²) in [6.07, 6.45) is 4.80. The number of carbonyl (C=O) groups excluding carboxylic acids is 1. The summed E-state index contributed by atoms with van der Waals surface area (Å²) < 4.78 is 1.14. The molecule has 100 valence electrons. The normalized spacial score (nSPS) is 16.4. The predicted octanol–water partition coefficient (Wildman–Crippen LogP) is 3.00. The summed E-state index contributed by atoms with van der Waals surface area (Å²) in [4.78, 5) is 15.2. The molecule has 1 aliphatic rings. The highest BCUT2D eigenvalue weighted by Gasteiger charge is 2.17. The van der Waals surface area contributed by atoms with Crippen LogP contribution in [0.5, 0.6) is 0 Å². The maximum Gasteiger partial charge on any atom is 0.234 e. The van der Waals surface area contributed by atoms with Gasteiger partial charge in [0.05, 0.1) is 10.3 Å². The summed E-state index contributed by atoms with van der Waals surface area (Å²) in [6, 6.07) is 4.56. The van der Waals surface area contributed by atoms with Gasteiger partial charge in [0.1, 0.15) is 0 Å². The van der Waals surface area contributed by atoms with Crippen LogP contribution < -0.4 is 5.32 Å². The van der Waals surface area contributed by atoms with Crippen molar-refractivity contribution in [3.8, 4) is 0 Å². The van der Waals surface area contributed by atoms with Crippen LogP contribution in [-0.2, 0) is 11.3 Å². The molecule has 0 aromatic carbocycles. The SMILES string of the molecule is CN(CC(=O)NC1CCCC1)Cc1ccc(Br)s1. The molecule has 2 rings (SSSR count). The molecule has 0 unspecified atom stereocenters. The lowest BCUT2D eigenvalue weighted by Crippen LogP contribution is -2.39. The molecule has 1 aliphatic carbocycles. The summed E-state index contributed by atoms with van der Waals surface area (Å²) in [5.74, 6) is 0.153. The molecule has 3 nitrogen and oxygen atoms in total. The first-order valence-corrected chi connectivity index (χ1v) is 7.96. The minimum Gasteiger partial charge on any atom is -0.352 e. The Kier molecular flexibility index (Phi) is 5.21. The number of thiophene rings is 1. The maximum atomic E-state index is 11.8. The summed E-state index contributed by atoms with van der Waals surface area (Å²) in [7, 11) is 1.99.